The van der Waals surface area contributed by atoms with Gasteiger partial charge in [0.25, 0.3) is 0 Å². The Morgan fingerprint density at radius 2 is 1.94 bits per heavy atom. The Kier molecular flexibility index (Phi) is 4.03. The number of anilines is 1. The first-order valence-corrected chi connectivity index (χ1v) is 6.46. The lowest BCUT2D eigenvalue weighted by Gasteiger charge is -2.23. The summed E-state index contributed by atoms with van der Waals surface area (Å²) in [5, 5.41) is 7.85. The maximum absolute atomic E-state index is 4.27. The number of hydrogen-bond donors (Lipinski definition) is 1. The fourth-order valence-corrected chi connectivity index (χ4v) is 1.90. The summed E-state index contributed by atoms with van der Waals surface area (Å²) in [6.45, 7) is 7.46. The van der Waals surface area contributed by atoms with Crippen LogP contribution in [0, 0.1) is 12.8 Å². The van der Waals surface area contributed by atoms with E-state index in [2.05, 4.69) is 55.5 Å². The van der Waals surface area contributed by atoms with Gasteiger partial charge in [0, 0.05) is 24.1 Å². The third-order valence-electron chi connectivity index (χ3n) is 3.15. The first-order valence-electron chi connectivity index (χ1n) is 6.46. The largest absolute Gasteiger partial charge is 0.380 e. The van der Waals surface area contributed by atoms with Gasteiger partial charge in [-0.2, -0.15) is 5.10 Å². The van der Waals surface area contributed by atoms with E-state index >= 15 is 0 Å². The van der Waals surface area contributed by atoms with Crippen molar-refractivity contribution in [1.29, 1.82) is 0 Å². The van der Waals surface area contributed by atoms with Gasteiger partial charge >= 0.3 is 0 Å². The van der Waals surface area contributed by atoms with Gasteiger partial charge in [-0.25, -0.2) is 0 Å². The summed E-state index contributed by atoms with van der Waals surface area (Å²) < 4.78 is 1.98. The van der Waals surface area contributed by atoms with E-state index in [9.17, 15) is 0 Å². The van der Waals surface area contributed by atoms with Gasteiger partial charge in [0.1, 0.15) is 0 Å². The Hall–Kier alpha value is -1.77. The summed E-state index contributed by atoms with van der Waals surface area (Å²) in [6, 6.07) is 10.9. The molecule has 1 N–H and O–H groups in total. The van der Waals surface area contributed by atoms with Crippen LogP contribution in [-0.2, 0) is 6.54 Å². The Morgan fingerprint density at radius 3 is 2.50 bits per heavy atom. The van der Waals surface area contributed by atoms with Gasteiger partial charge in [0.2, 0.25) is 0 Å². The molecule has 0 saturated carbocycles. The van der Waals surface area contributed by atoms with Crippen LogP contribution in [0.5, 0.6) is 0 Å². The lowest BCUT2D eigenvalue weighted by Crippen LogP contribution is -2.30. The summed E-state index contributed by atoms with van der Waals surface area (Å²) in [6.07, 6.45) is 3.83. The summed E-state index contributed by atoms with van der Waals surface area (Å²) in [7, 11) is 0. The highest BCUT2D eigenvalue weighted by molar-refractivity contribution is 5.45. The molecule has 0 saturated heterocycles. The van der Waals surface area contributed by atoms with Gasteiger partial charge in [0.15, 0.2) is 0 Å². The molecule has 1 atom stereocenters. The maximum Gasteiger partial charge on any atom is 0.0613 e. The highest BCUT2D eigenvalue weighted by Crippen LogP contribution is 2.15. The number of aryl methyl sites for hydroxylation is 1. The van der Waals surface area contributed by atoms with Crippen LogP contribution >= 0.6 is 0 Å². The van der Waals surface area contributed by atoms with Crippen molar-refractivity contribution < 1.29 is 0 Å². The molecule has 0 spiro atoms. The minimum Gasteiger partial charge on any atom is -0.380 e. The molecule has 1 unspecified atom stereocenters. The first-order chi connectivity index (χ1) is 8.65. The molecule has 0 aliphatic rings. The minimum absolute atomic E-state index is 0.382. The minimum atomic E-state index is 0.382. The van der Waals surface area contributed by atoms with Crippen molar-refractivity contribution in [2.45, 2.75) is 33.4 Å². The van der Waals surface area contributed by atoms with Crippen molar-refractivity contribution in [3.05, 3.63) is 48.3 Å². The number of nitrogens with zero attached hydrogens (tertiary/aromatic N) is 2. The number of hydrogen-bond acceptors (Lipinski definition) is 2. The van der Waals surface area contributed by atoms with Crippen molar-refractivity contribution in [2.24, 2.45) is 5.92 Å². The van der Waals surface area contributed by atoms with Crippen LogP contribution in [-0.4, -0.2) is 15.8 Å². The van der Waals surface area contributed by atoms with E-state index in [0.29, 0.717) is 12.0 Å². The Bertz CT molecular complexity index is 457. The third kappa shape index (κ3) is 3.36. The van der Waals surface area contributed by atoms with E-state index in [1.165, 1.54) is 11.3 Å². The SMILES string of the molecule is Cc1ccc(NC(Cn2cccn2)C(C)C)cc1. The Balaban J connectivity index is 2.04. The van der Waals surface area contributed by atoms with Crippen molar-refractivity contribution >= 4 is 5.69 Å². The molecular formula is C15H21N3. The van der Waals surface area contributed by atoms with Crippen LogP contribution < -0.4 is 5.32 Å². The lowest BCUT2D eigenvalue weighted by atomic mass is 10.0. The topological polar surface area (TPSA) is 29.9 Å². The smallest absolute Gasteiger partial charge is 0.0613 e. The van der Waals surface area contributed by atoms with E-state index in [4.69, 9.17) is 0 Å². The molecule has 0 bridgehead atoms. The molecule has 2 rings (SSSR count). The fraction of sp³-hybridized carbons (Fsp3) is 0.400. The molecule has 3 heteroatoms. The van der Waals surface area contributed by atoms with Crippen LogP contribution in [0.25, 0.3) is 0 Å². The maximum atomic E-state index is 4.27. The molecule has 0 radical (unpaired) electrons. The van der Waals surface area contributed by atoms with E-state index in [1.54, 1.807) is 0 Å². The molecule has 0 amide bonds. The predicted molar refractivity (Wildman–Crippen MR) is 75.7 cm³/mol. The normalized spacial score (nSPS) is 12.7. The van der Waals surface area contributed by atoms with Gasteiger partial charge in [-0.3, -0.25) is 4.68 Å². The molecule has 0 aliphatic carbocycles. The van der Waals surface area contributed by atoms with E-state index in [-0.39, 0.29) is 0 Å². The molecule has 3 nitrogen and oxygen atoms in total. The first kappa shape index (κ1) is 12.7. The molecule has 1 heterocycles. The van der Waals surface area contributed by atoms with Crippen molar-refractivity contribution in [2.75, 3.05) is 5.32 Å². The molecule has 1 aromatic heterocycles. The van der Waals surface area contributed by atoms with Crippen LogP contribution in [0.2, 0.25) is 0 Å². The van der Waals surface area contributed by atoms with E-state index < -0.39 is 0 Å². The Labute approximate surface area is 109 Å². The van der Waals surface area contributed by atoms with Gasteiger partial charge < -0.3 is 5.32 Å². The summed E-state index contributed by atoms with van der Waals surface area (Å²) in [4.78, 5) is 0. The highest BCUT2D eigenvalue weighted by atomic mass is 15.3. The van der Waals surface area contributed by atoms with Gasteiger partial charge in [-0.15, -0.1) is 0 Å². The second kappa shape index (κ2) is 5.71. The Morgan fingerprint density at radius 1 is 1.22 bits per heavy atom. The van der Waals surface area contributed by atoms with Crippen molar-refractivity contribution in [3.8, 4) is 0 Å². The average Bonchev–Trinajstić information content (AvgIpc) is 2.84. The molecule has 0 aliphatic heterocycles. The fourth-order valence-electron chi connectivity index (χ4n) is 1.90. The molecule has 0 fully saturated rings. The number of rotatable bonds is 5. The lowest BCUT2D eigenvalue weighted by molar-refractivity contribution is 0.438. The van der Waals surface area contributed by atoms with Gasteiger partial charge in [0.05, 0.1) is 6.54 Å². The van der Waals surface area contributed by atoms with Gasteiger partial charge in [-0.05, 0) is 31.0 Å². The highest BCUT2D eigenvalue weighted by Gasteiger charge is 2.13. The van der Waals surface area contributed by atoms with Crippen LogP contribution in [0.4, 0.5) is 5.69 Å². The molecule has 2 aromatic rings. The summed E-state index contributed by atoms with van der Waals surface area (Å²) in [5.74, 6) is 0.551. The zero-order valence-corrected chi connectivity index (χ0v) is 11.3. The predicted octanol–water partition coefficient (Wildman–Crippen LogP) is 3.33. The molecule has 1 aromatic carbocycles. The standard InChI is InChI=1S/C15H21N3/c1-12(2)15(11-18-10-4-9-16-18)17-14-7-5-13(3)6-8-14/h4-10,12,15,17H,11H2,1-3H3. The number of benzene rings is 1. The second-order valence-electron chi connectivity index (χ2n) is 5.09. The number of aromatic nitrogens is 2. The molecule has 18 heavy (non-hydrogen) atoms. The number of nitrogens with one attached hydrogen (secondary N) is 1. The van der Waals surface area contributed by atoms with E-state index in [0.717, 1.165) is 6.54 Å². The van der Waals surface area contributed by atoms with Crippen LogP contribution in [0.15, 0.2) is 42.7 Å². The van der Waals surface area contributed by atoms with Crippen molar-refractivity contribution in [1.82, 2.24) is 9.78 Å². The summed E-state index contributed by atoms with van der Waals surface area (Å²) in [5.41, 5.74) is 2.46. The van der Waals surface area contributed by atoms with Crippen LogP contribution in [0.1, 0.15) is 19.4 Å². The average molecular weight is 243 g/mol. The van der Waals surface area contributed by atoms with E-state index in [1.807, 2.05) is 23.1 Å². The second-order valence-corrected chi connectivity index (χ2v) is 5.09. The molecular weight excluding hydrogens is 222 g/mol. The zero-order valence-electron chi connectivity index (χ0n) is 11.3. The molecule has 96 valence electrons. The monoisotopic (exact) mass is 243 g/mol. The zero-order chi connectivity index (χ0) is 13.0. The van der Waals surface area contributed by atoms with Crippen LogP contribution in [0.3, 0.4) is 0 Å². The third-order valence-corrected chi connectivity index (χ3v) is 3.15. The van der Waals surface area contributed by atoms with Gasteiger partial charge in [-0.1, -0.05) is 31.5 Å². The quantitative estimate of drug-likeness (QED) is 0.873. The summed E-state index contributed by atoms with van der Waals surface area (Å²) >= 11 is 0. The van der Waals surface area contributed by atoms with Crippen molar-refractivity contribution in [3.63, 3.8) is 0 Å².